The van der Waals surface area contributed by atoms with Crippen LogP contribution in [0, 0.1) is 0 Å². The quantitative estimate of drug-likeness (QED) is 0.835. The van der Waals surface area contributed by atoms with Crippen LogP contribution in [0.4, 0.5) is 0 Å². The summed E-state index contributed by atoms with van der Waals surface area (Å²) in [6.45, 7) is -0.132. The molecule has 2 aromatic rings. The standard InChI is InChI=1S/C11H10N2O2S/c12-10(14)6-13-11(15)9-5-7-3-1-2-4-8(7)16-9/h1-5H,6H2,(H2,12,14)(H,13,15). The van der Waals surface area contributed by atoms with E-state index in [0.717, 1.165) is 10.1 Å². The van der Waals surface area contributed by atoms with Gasteiger partial charge in [-0.3, -0.25) is 9.59 Å². The number of hydrogen-bond acceptors (Lipinski definition) is 3. The average Bonchev–Trinajstić information content (AvgIpc) is 2.69. The predicted molar refractivity (Wildman–Crippen MR) is 63.4 cm³/mol. The summed E-state index contributed by atoms with van der Waals surface area (Å²) in [5.41, 5.74) is 4.94. The third-order valence-electron chi connectivity index (χ3n) is 2.07. The summed E-state index contributed by atoms with van der Waals surface area (Å²) in [6, 6.07) is 9.53. The second-order valence-electron chi connectivity index (χ2n) is 3.30. The highest BCUT2D eigenvalue weighted by Crippen LogP contribution is 2.24. The fraction of sp³-hybridized carbons (Fsp3) is 0.0909. The Bertz CT molecular complexity index is 515. The van der Waals surface area contributed by atoms with Gasteiger partial charge in [-0.05, 0) is 17.5 Å². The third kappa shape index (κ3) is 2.20. The van der Waals surface area contributed by atoms with E-state index >= 15 is 0 Å². The lowest BCUT2D eigenvalue weighted by molar-refractivity contribution is -0.117. The monoisotopic (exact) mass is 234 g/mol. The SMILES string of the molecule is NC(=O)CNC(=O)c1cc2ccccc2s1. The van der Waals surface area contributed by atoms with Gasteiger partial charge in [0.1, 0.15) is 0 Å². The van der Waals surface area contributed by atoms with E-state index in [0.29, 0.717) is 4.88 Å². The van der Waals surface area contributed by atoms with E-state index in [1.807, 2.05) is 24.3 Å². The number of amides is 2. The first-order valence-electron chi connectivity index (χ1n) is 4.72. The summed E-state index contributed by atoms with van der Waals surface area (Å²) in [5, 5.41) is 3.48. The lowest BCUT2D eigenvalue weighted by Crippen LogP contribution is -2.32. The summed E-state index contributed by atoms with van der Waals surface area (Å²) >= 11 is 1.39. The van der Waals surface area contributed by atoms with Gasteiger partial charge in [-0.15, -0.1) is 11.3 Å². The van der Waals surface area contributed by atoms with Crippen LogP contribution in [-0.2, 0) is 4.79 Å². The topological polar surface area (TPSA) is 72.2 Å². The van der Waals surface area contributed by atoms with Crippen molar-refractivity contribution in [3.05, 3.63) is 35.2 Å². The van der Waals surface area contributed by atoms with Crippen LogP contribution in [-0.4, -0.2) is 18.4 Å². The van der Waals surface area contributed by atoms with Crippen molar-refractivity contribution in [3.63, 3.8) is 0 Å². The number of nitrogens with one attached hydrogen (secondary N) is 1. The van der Waals surface area contributed by atoms with Gasteiger partial charge in [-0.2, -0.15) is 0 Å². The molecular formula is C11H10N2O2S. The van der Waals surface area contributed by atoms with Crippen LogP contribution < -0.4 is 11.1 Å². The van der Waals surface area contributed by atoms with Crippen molar-refractivity contribution in [2.45, 2.75) is 0 Å². The summed E-state index contributed by atoms with van der Waals surface area (Å²) in [5.74, 6) is -0.811. The fourth-order valence-electron chi connectivity index (χ4n) is 1.35. The predicted octanol–water partition coefficient (Wildman–Crippen LogP) is 1.12. The van der Waals surface area contributed by atoms with E-state index in [4.69, 9.17) is 5.73 Å². The number of carbonyl (C=O) groups excluding carboxylic acids is 2. The van der Waals surface area contributed by atoms with E-state index in [1.54, 1.807) is 6.07 Å². The molecule has 0 saturated heterocycles. The Balaban J connectivity index is 2.20. The highest BCUT2D eigenvalue weighted by Gasteiger charge is 2.09. The van der Waals surface area contributed by atoms with Crippen LogP contribution in [0.1, 0.15) is 9.67 Å². The highest BCUT2D eigenvalue weighted by atomic mass is 32.1. The Morgan fingerprint density at radius 1 is 1.31 bits per heavy atom. The van der Waals surface area contributed by atoms with Crippen molar-refractivity contribution >= 4 is 33.2 Å². The Labute approximate surface area is 96.1 Å². The minimum Gasteiger partial charge on any atom is -0.368 e. The van der Waals surface area contributed by atoms with Gasteiger partial charge in [-0.25, -0.2) is 0 Å². The smallest absolute Gasteiger partial charge is 0.261 e. The van der Waals surface area contributed by atoms with Crippen molar-refractivity contribution in [1.29, 1.82) is 0 Å². The Morgan fingerprint density at radius 2 is 2.06 bits per heavy atom. The molecule has 2 rings (SSSR count). The number of nitrogens with two attached hydrogens (primary N) is 1. The van der Waals surface area contributed by atoms with Gasteiger partial charge in [0.15, 0.2) is 0 Å². The second-order valence-corrected chi connectivity index (χ2v) is 4.38. The van der Waals surface area contributed by atoms with E-state index in [-0.39, 0.29) is 12.5 Å². The summed E-state index contributed by atoms with van der Waals surface area (Å²) < 4.78 is 1.05. The molecule has 0 bridgehead atoms. The largest absolute Gasteiger partial charge is 0.368 e. The molecule has 0 aliphatic carbocycles. The first kappa shape index (κ1) is 10.6. The van der Waals surface area contributed by atoms with Crippen molar-refractivity contribution in [3.8, 4) is 0 Å². The zero-order chi connectivity index (χ0) is 11.5. The molecule has 2 amide bonds. The molecule has 1 aromatic carbocycles. The molecule has 0 saturated carbocycles. The minimum absolute atomic E-state index is 0.132. The van der Waals surface area contributed by atoms with Gasteiger partial charge in [0.25, 0.3) is 5.91 Å². The van der Waals surface area contributed by atoms with E-state index in [1.165, 1.54) is 11.3 Å². The van der Waals surface area contributed by atoms with E-state index in [9.17, 15) is 9.59 Å². The zero-order valence-electron chi connectivity index (χ0n) is 8.40. The molecule has 82 valence electrons. The third-order valence-corrected chi connectivity index (χ3v) is 3.19. The minimum atomic E-state index is -0.547. The van der Waals surface area contributed by atoms with Gasteiger partial charge < -0.3 is 11.1 Å². The molecule has 1 aromatic heterocycles. The lowest BCUT2D eigenvalue weighted by Gasteiger charge is -1.98. The van der Waals surface area contributed by atoms with Crippen LogP contribution in [0.5, 0.6) is 0 Å². The maximum atomic E-state index is 11.6. The normalized spacial score (nSPS) is 10.2. The zero-order valence-corrected chi connectivity index (χ0v) is 9.21. The maximum absolute atomic E-state index is 11.6. The molecule has 4 nitrogen and oxygen atoms in total. The fourth-order valence-corrected chi connectivity index (χ4v) is 2.33. The number of thiophene rings is 1. The Morgan fingerprint density at radius 3 is 2.75 bits per heavy atom. The first-order chi connectivity index (χ1) is 7.66. The Kier molecular flexibility index (Phi) is 2.87. The van der Waals surface area contributed by atoms with Crippen LogP contribution >= 0.6 is 11.3 Å². The molecule has 0 aliphatic rings. The van der Waals surface area contributed by atoms with Crippen molar-refractivity contribution in [2.24, 2.45) is 5.73 Å². The number of benzene rings is 1. The molecule has 0 radical (unpaired) electrons. The van der Waals surface area contributed by atoms with Crippen molar-refractivity contribution < 1.29 is 9.59 Å². The summed E-state index contributed by atoms with van der Waals surface area (Å²) in [6.07, 6.45) is 0. The molecule has 1 heterocycles. The van der Waals surface area contributed by atoms with E-state index < -0.39 is 5.91 Å². The molecule has 16 heavy (non-hydrogen) atoms. The van der Waals surface area contributed by atoms with Crippen molar-refractivity contribution in [2.75, 3.05) is 6.54 Å². The van der Waals surface area contributed by atoms with Crippen molar-refractivity contribution in [1.82, 2.24) is 5.32 Å². The van der Waals surface area contributed by atoms with Crippen LogP contribution in [0.15, 0.2) is 30.3 Å². The van der Waals surface area contributed by atoms with Gasteiger partial charge >= 0.3 is 0 Å². The number of primary amides is 1. The van der Waals surface area contributed by atoms with Gasteiger partial charge in [0, 0.05) is 4.70 Å². The highest BCUT2D eigenvalue weighted by molar-refractivity contribution is 7.20. The van der Waals surface area contributed by atoms with Gasteiger partial charge in [-0.1, -0.05) is 18.2 Å². The molecule has 3 N–H and O–H groups in total. The maximum Gasteiger partial charge on any atom is 0.261 e. The molecular weight excluding hydrogens is 224 g/mol. The van der Waals surface area contributed by atoms with Gasteiger partial charge in [0.2, 0.25) is 5.91 Å². The number of carbonyl (C=O) groups is 2. The van der Waals surface area contributed by atoms with Crippen LogP contribution in [0.3, 0.4) is 0 Å². The van der Waals surface area contributed by atoms with Crippen LogP contribution in [0.2, 0.25) is 0 Å². The van der Waals surface area contributed by atoms with Gasteiger partial charge in [0.05, 0.1) is 11.4 Å². The molecule has 5 heteroatoms. The van der Waals surface area contributed by atoms with E-state index in [2.05, 4.69) is 5.32 Å². The Hall–Kier alpha value is -1.88. The number of rotatable bonds is 3. The number of fused-ring (bicyclic) bond motifs is 1. The first-order valence-corrected chi connectivity index (χ1v) is 5.53. The lowest BCUT2D eigenvalue weighted by atomic mass is 10.2. The second kappa shape index (κ2) is 4.32. The average molecular weight is 234 g/mol. The molecule has 0 unspecified atom stereocenters. The molecule has 0 spiro atoms. The summed E-state index contributed by atoms with van der Waals surface area (Å²) in [7, 11) is 0. The molecule has 0 atom stereocenters. The van der Waals surface area contributed by atoms with Crippen LogP contribution in [0.25, 0.3) is 10.1 Å². The summed E-state index contributed by atoms with van der Waals surface area (Å²) in [4.78, 5) is 22.7. The number of hydrogen-bond donors (Lipinski definition) is 2. The molecule has 0 fully saturated rings. The molecule has 0 aliphatic heterocycles.